The van der Waals surface area contributed by atoms with Gasteiger partial charge in [0, 0.05) is 0 Å². The van der Waals surface area contributed by atoms with Gasteiger partial charge in [0.05, 0.1) is 24.3 Å². The Bertz CT molecular complexity index is 1060. The van der Waals surface area contributed by atoms with Crippen LogP contribution >= 0.6 is 0 Å². The van der Waals surface area contributed by atoms with Crippen molar-refractivity contribution in [3.05, 3.63) is 47.2 Å². The number of alkyl halides is 6. The molecule has 1 aliphatic rings. The van der Waals surface area contributed by atoms with Crippen LogP contribution in [-0.2, 0) is 17.1 Å². The van der Waals surface area contributed by atoms with Crippen LogP contribution in [-0.4, -0.2) is 41.8 Å². The third-order valence-electron chi connectivity index (χ3n) is 4.42. The first kappa shape index (κ1) is 23.1. The molecule has 1 aromatic heterocycles. The Hall–Kier alpha value is -3.53. The number of aliphatic hydroxyl groups excluding tert-OH is 1. The number of nitrogens with one attached hydrogen (secondary N) is 1. The van der Waals surface area contributed by atoms with Gasteiger partial charge in [-0.15, -0.1) is 0 Å². The minimum atomic E-state index is -5.26. The van der Waals surface area contributed by atoms with Gasteiger partial charge in [-0.1, -0.05) is 12.1 Å². The first-order valence-electron chi connectivity index (χ1n) is 8.95. The zero-order chi connectivity index (χ0) is 23.7. The molecule has 1 aliphatic heterocycles. The molecule has 0 fully saturated rings. The number of aliphatic hydroxyl groups is 1. The smallest absolute Gasteiger partial charge is 0.433 e. The van der Waals surface area contributed by atoms with E-state index in [4.69, 9.17) is 10.00 Å². The van der Waals surface area contributed by atoms with E-state index in [-0.39, 0.29) is 30.7 Å². The summed E-state index contributed by atoms with van der Waals surface area (Å²) in [5.41, 5.74) is -4.63. The second kappa shape index (κ2) is 8.54. The SMILES string of the molecule is N#Cc1c(C(F)(F)F)cc(C(F)(F)F)nc1NCC(=O)N1CC(O)COc2ccccc21. The Labute approximate surface area is 176 Å². The molecule has 2 N–H and O–H groups in total. The molecule has 2 heterocycles. The summed E-state index contributed by atoms with van der Waals surface area (Å²) < 4.78 is 84.3. The molecule has 7 nitrogen and oxygen atoms in total. The van der Waals surface area contributed by atoms with Crippen LogP contribution in [0.5, 0.6) is 5.75 Å². The molecule has 0 saturated carbocycles. The number of halogens is 6. The summed E-state index contributed by atoms with van der Waals surface area (Å²) in [5, 5.41) is 21.2. The van der Waals surface area contributed by atoms with E-state index in [1.54, 1.807) is 12.1 Å². The van der Waals surface area contributed by atoms with E-state index >= 15 is 0 Å². The lowest BCUT2D eigenvalue weighted by atomic mass is 10.1. The lowest BCUT2D eigenvalue weighted by Crippen LogP contribution is -2.41. The molecular formula is C19H14F6N4O3. The highest BCUT2D eigenvalue weighted by Crippen LogP contribution is 2.38. The highest BCUT2D eigenvalue weighted by atomic mass is 19.4. The molecule has 0 aliphatic carbocycles. The predicted molar refractivity (Wildman–Crippen MR) is 97.7 cm³/mol. The second-order valence-electron chi connectivity index (χ2n) is 6.68. The number of fused-ring (bicyclic) bond motifs is 1. The maximum Gasteiger partial charge on any atom is 0.433 e. The first-order valence-corrected chi connectivity index (χ1v) is 8.95. The molecule has 0 radical (unpaired) electrons. The second-order valence-corrected chi connectivity index (χ2v) is 6.68. The summed E-state index contributed by atoms with van der Waals surface area (Å²) in [6.45, 7) is -1.16. The highest BCUT2D eigenvalue weighted by Gasteiger charge is 2.41. The number of benzene rings is 1. The van der Waals surface area contributed by atoms with Gasteiger partial charge < -0.3 is 20.1 Å². The summed E-state index contributed by atoms with van der Waals surface area (Å²) in [6.07, 6.45) is -11.6. The Morgan fingerprint density at radius 2 is 1.94 bits per heavy atom. The number of ether oxygens (including phenoxy) is 1. The van der Waals surface area contributed by atoms with Crippen molar-refractivity contribution in [2.24, 2.45) is 0 Å². The van der Waals surface area contributed by atoms with Crippen LogP contribution in [0.2, 0.25) is 0 Å². The number of nitriles is 1. The molecule has 0 saturated heterocycles. The predicted octanol–water partition coefficient (Wildman–Crippen LogP) is 3.19. The van der Waals surface area contributed by atoms with Gasteiger partial charge in [0.25, 0.3) is 0 Å². The minimum Gasteiger partial charge on any atom is -0.489 e. The number of aromatic nitrogens is 1. The zero-order valence-electron chi connectivity index (χ0n) is 16.0. The molecule has 0 spiro atoms. The Morgan fingerprint density at radius 3 is 2.56 bits per heavy atom. The molecule has 1 aromatic carbocycles. The lowest BCUT2D eigenvalue weighted by molar-refractivity contribution is -0.145. The standard InChI is InChI=1S/C19H14F6N4O3/c20-18(21,22)12-5-15(19(23,24)25)28-17(11(12)6-26)27-7-16(31)29-8-10(30)9-32-14-4-2-1-3-13(14)29/h1-5,10,30H,7-9H2,(H,27,28). The number of β-amino-alcohol motifs (C(OH)–C–C–N with tert-alkyl or cyclic N) is 1. The van der Waals surface area contributed by atoms with Crippen molar-refractivity contribution in [2.45, 2.75) is 18.5 Å². The van der Waals surface area contributed by atoms with Gasteiger partial charge in [0.2, 0.25) is 5.91 Å². The van der Waals surface area contributed by atoms with Crippen molar-refractivity contribution in [1.29, 1.82) is 5.26 Å². The number of pyridine rings is 1. The third-order valence-corrected chi connectivity index (χ3v) is 4.42. The van der Waals surface area contributed by atoms with E-state index in [1.807, 2.05) is 0 Å². The van der Waals surface area contributed by atoms with E-state index in [0.29, 0.717) is 0 Å². The van der Waals surface area contributed by atoms with E-state index in [9.17, 15) is 36.2 Å². The van der Waals surface area contributed by atoms with E-state index in [2.05, 4.69) is 10.3 Å². The van der Waals surface area contributed by atoms with Gasteiger partial charge in [0.15, 0.2) is 0 Å². The van der Waals surface area contributed by atoms with Gasteiger partial charge in [-0.25, -0.2) is 4.98 Å². The number of nitrogens with zero attached hydrogens (tertiary/aromatic N) is 3. The molecule has 0 bridgehead atoms. The van der Waals surface area contributed by atoms with Gasteiger partial charge in [-0.05, 0) is 18.2 Å². The van der Waals surface area contributed by atoms with Crippen molar-refractivity contribution in [2.75, 3.05) is 29.9 Å². The Morgan fingerprint density at radius 1 is 1.25 bits per heavy atom. The normalized spacial score (nSPS) is 16.4. The van der Waals surface area contributed by atoms with Crippen molar-refractivity contribution in [3.8, 4) is 11.8 Å². The lowest BCUT2D eigenvalue weighted by Gasteiger charge is -2.23. The number of amides is 1. The van der Waals surface area contributed by atoms with Crippen LogP contribution in [0, 0.1) is 11.3 Å². The van der Waals surface area contributed by atoms with E-state index in [0.717, 1.165) is 4.90 Å². The van der Waals surface area contributed by atoms with Crippen LogP contribution in [0.1, 0.15) is 16.8 Å². The van der Waals surface area contributed by atoms with E-state index < -0.39 is 53.5 Å². The van der Waals surface area contributed by atoms with Crippen molar-refractivity contribution >= 4 is 17.4 Å². The number of carbonyl (C=O) groups excluding carboxylic acids is 1. The fourth-order valence-electron chi connectivity index (χ4n) is 3.00. The van der Waals surface area contributed by atoms with E-state index in [1.165, 1.54) is 18.2 Å². The van der Waals surface area contributed by atoms with Crippen LogP contribution in [0.15, 0.2) is 30.3 Å². The fraction of sp³-hybridized carbons (Fsp3) is 0.316. The maximum atomic E-state index is 13.2. The van der Waals surface area contributed by atoms with Crippen molar-refractivity contribution in [1.82, 2.24) is 4.98 Å². The van der Waals surface area contributed by atoms with Gasteiger partial charge >= 0.3 is 12.4 Å². The average Bonchev–Trinajstić information content (AvgIpc) is 2.89. The molecule has 170 valence electrons. The van der Waals surface area contributed by atoms with Crippen molar-refractivity contribution in [3.63, 3.8) is 0 Å². The molecule has 1 amide bonds. The number of para-hydroxylation sites is 2. The molecule has 3 rings (SSSR count). The third kappa shape index (κ3) is 4.86. The molecular weight excluding hydrogens is 446 g/mol. The number of hydrogen-bond acceptors (Lipinski definition) is 6. The van der Waals surface area contributed by atoms with Crippen LogP contribution in [0.3, 0.4) is 0 Å². The summed E-state index contributed by atoms with van der Waals surface area (Å²) in [6, 6.07) is 7.14. The number of rotatable bonds is 3. The Kier molecular flexibility index (Phi) is 6.18. The molecule has 13 heteroatoms. The molecule has 1 atom stereocenters. The fourth-order valence-corrected chi connectivity index (χ4v) is 3.00. The Balaban J connectivity index is 1.94. The monoisotopic (exact) mass is 460 g/mol. The minimum absolute atomic E-state index is 0.128. The summed E-state index contributed by atoms with van der Waals surface area (Å²) in [4.78, 5) is 16.9. The maximum absolute atomic E-state index is 13.2. The number of anilines is 2. The number of hydrogen-bond donors (Lipinski definition) is 2. The largest absolute Gasteiger partial charge is 0.489 e. The first-order chi connectivity index (χ1) is 14.9. The topological polar surface area (TPSA) is 98.5 Å². The molecule has 32 heavy (non-hydrogen) atoms. The average molecular weight is 460 g/mol. The summed E-state index contributed by atoms with van der Waals surface area (Å²) >= 11 is 0. The zero-order valence-corrected chi connectivity index (χ0v) is 16.0. The highest BCUT2D eigenvalue weighted by molar-refractivity contribution is 5.97. The van der Waals surface area contributed by atoms with Gasteiger partial charge in [0.1, 0.15) is 41.6 Å². The van der Waals surface area contributed by atoms with Gasteiger partial charge in [-0.3, -0.25) is 4.79 Å². The van der Waals surface area contributed by atoms with Crippen LogP contribution < -0.4 is 15.0 Å². The van der Waals surface area contributed by atoms with Gasteiger partial charge in [-0.2, -0.15) is 31.6 Å². The quantitative estimate of drug-likeness (QED) is 0.683. The summed E-state index contributed by atoms with van der Waals surface area (Å²) in [7, 11) is 0. The van der Waals surface area contributed by atoms with Crippen molar-refractivity contribution < 1.29 is 41.0 Å². The summed E-state index contributed by atoms with van der Waals surface area (Å²) in [5.74, 6) is -1.59. The molecule has 2 aromatic rings. The van der Waals surface area contributed by atoms with Crippen LogP contribution in [0.25, 0.3) is 0 Å². The number of carbonyl (C=O) groups is 1. The molecule has 1 unspecified atom stereocenters. The van der Waals surface area contributed by atoms with Crippen LogP contribution in [0.4, 0.5) is 37.8 Å².